The second-order valence-electron chi connectivity index (χ2n) is 7.96. The van der Waals surface area contributed by atoms with E-state index in [4.69, 9.17) is 10.8 Å². The van der Waals surface area contributed by atoms with Crippen LogP contribution >= 0.6 is 0 Å². The molecule has 200 valence electrons. The van der Waals surface area contributed by atoms with Crippen molar-refractivity contribution in [1.29, 1.82) is 0 Å². The number of nitrogen functional groups attached to an aromatic ring is 1. The molecule has 18 nitrogen and oxygen atoms in total. The molecule has 0 fully saturated rings. The van der Waals surface area contributed by atoms with Crippen LogP contribution < -0.4 is 31.5 Å². The minimum Gasteiger partial charge on any atom is -0.481 e. The van der Waals surface area contributed by atoms with Gasteiger partial charge in [-0.15, -0.1) is 9.81 Å². The number of benzene rings is 1. The number of carbonyl (C=O) groups excluding carboxylic acids is 2. The highest BCUT2D eigenvalue weighted by Crippen LogP contribution is 2.31. The summed E-state index contributed by atoms with van der Waals surface area (Å²) in [5.41, 5.74) is 4.55. The third-order valence-electron chi connectivity index (χ3n) is 5.55. The number of nitroso groups, excluding NO2 is 2. The summed E-state index contributed by atoms with van der Waals surface area (Å²) in [4.78, 5) is 88.8. The minimum absolute atomic E-state index is 0.00816. The molecule has 0 saturated carbocycles. The molecule has 0 spiro atoms. The van der Waals surface area contributed by atoms with Crippen LogP contribution in [0.25, 0.3) is 0 Å². The van der Waals surface area contributed by atoms with E-state index < -0.39 is 41.9 Å². The first-order valence-electron chi connectivity index (χ1n) is 10.8. The normalized spacial score (nSPS) is 15.1. The van der Waals surface area contributed by atoms with Gasteiger partial charge in [0, 0.05) is 12.0 Å². The van der Waals surface area contributed by atoms with Crippen molar-refractivity contribution in [3.05, 3.63) is 50.0 Å². The molecule has 1 aromatic carbocycles. The fourth-order valence-electron chi connectivity index (χ4n) is 3.74. The van der Waals surface area contributed by atoms with Gasteiger partial charge in [0.15, 0.2) is 11.5 Å². The van der Waals surface area contributed by atoms with Crippen LogP contribution in [0.3, 0.4) is 0 Å². The zero-order valence-electron chi connectivity index (χ0n) is 19.4. The number of rotatable bonds is 12. The Hall–Kier alpha value is -5.42. The molecule has 3 rings (SSSR count). The van der Waals surface area contributed by atoms with E-state index in [0.717, 1.165) is 14.9 Å². The maximum absolute atomic E-state index is 12.4. The first kappa shape index (κ1) is 27.2. The molecule has 2 aromatic rings. The number of carbonyl (C=O) groups is 4. The molecule has 1 aliphatic heterocycles. The molecule has 1 aromatic heterocycles. The Kier molecular flexibility index (Phi) is 8.25. The zero-order valence-corrected chi connectivity index (χ0v) is 19.4. The lowest BCUT2D eigenvalue weighted by Gasteiger charge is -2.37. The monoisotopic (exact) mass is 531 g/mol. The summed E-state index contributed by atoms with van der Waals surface area (Å²) in [6.45, 7) is -0.566. The molecule has 0 bridgehead atoms. The van der Waals surface area contributed by atoms with Gasteiger partial charge in [-0.1, -0.05) is 0 Å². The Bertz CT molecular complexity index is 1310. The molecule has 0 radical (unpaired) electrons. The quantitative estimate of drug-likeness (QED) is 0.130. The third-order valence-corrected chi connectivity index (χ3v) is 5.55. The number of carboxylic acids is 2. The number of nitrogens with zero attached hydrogens (tertiary/aromatic N) is 6. The average Bonchev–Trinajstić information content (AvgIpc) is 2.88. The van der Waals surface area contributed by atoms with E-state index in [2.05, 4.69) is 25.9 Å². The van der Waals surface area contributed by atoms with Crippen LogP contribution in [-0.2, 0) is 14.4 Å². The average molecular weight is 531 g/mol. The summed E-state index contributed by atoms with van der Waals surface area (Å²) in [6.07, 6.45) is -0.475. The second-order valence-corrected chi connectivity index (χ2v) is 7.96. The van der Waals surface area contributed by atoms with E-state index in [1.54, 1.807) is 0 Å². The number of aromatic amines is 1. The number of nitrogens with one attached hydrogen (secondary N) is 2. The molecule has 2 amide bonds. The summed E-state index contributed by atoms with van der Waals surface area (Å²) in [5, 5.41) is 27.6. The Balaban J connectivity index is 1.79. The van der Waals surface area contributed by atoms with Gasteiger partial charge in [0.25, 0.3) is 11.5 Å². The van der Waals surface area contributed by atoms with E-state index >= 15 is 0 Å². The minimum atomic E-state index is -1.43. The number of carboxylic acid groups (broad SMARTS) is 2. The van der Waals surface area contributed by atoms with E-state index in [1.165, 1.54) is 24.3 Å². The lowest BCUT2D eigenvalue weighted by Crippen LogP contribution is -2.54. The number of fused-ring (bicyclic) bond motifs is 1. The van der Waals surface area contributed by atoms with Crippen molar-refractivity contribution in [2.45, 2.75) is 24.9 Å². The molecule has 18 heteroatoms. The van der Waals surface area contributed by atoms with Crippen LogP contribution in [0.1, 0.15) is 23.2 Å². The number of H-pyrrole nitrogens is 1. The van der Waals surface area contributed by atoms with Gasteiger partial charge in [0.1, 0.15) is 6.04 Å². The maximum Gasteiger partial charge on any atom is 0.326 e. The van der Waals surface area contributed by atoms with Crippen LogP contribution in [0.15, 0.2) is 39.6 Å². The summed E-state index contributed by atoms with van der Waals surface area (Å²) < 4.78 is 0. The number of amides is 2. The molecule has 2 atom stereocenters. The van der Waals surface area contributed by atoms with Gasteiger partial charge < -0.3 is 26.2 Å². The molecule has 0 aliphatic carbocycles. The van der Waals surface area contributed by atoms with Gasteiger partial charge in [-0.3, -0.25) is 24.2 Å². The van der Waals surface area contributed by atoms with Gasteiger partial charge in [-0.25, -0.2) is 14.8 Å². The lowest BCUT2D eigenvalue weighted by atomic mass is 10.1. The van der Waals surface area contributed by atoms with Crippen molar-refractivity contribution in [3.8, 4) is 0 Å². The van der Waals surface area contributed by atoms with Gasteiger partial charge in [-0.2, -0.15) is 4.98 Å². The Morgan fingerprint density at radius 3 is 2.50 bits per heavy atom. The van der Waals surface area contributed by atoms with Gasteiger partial charge in [0.2, 0.25) is 12.4 Å². The predicted octanol–water partition coefficient (Wildman–Crippen LogP) is -0.579. The summed E-state index contributed by atoms with van der Waals surface area (Å²) in [7, 11) is 0. The standard InChI is InChI=1S/C20H21N9O9/c21-20-23-16-15(18(34)24-20)27(9-30)12(8-29(16)26-38)7-28(25-37)11-3-1-10(2-4-11)17(33)22-13(19(35)36)5-6-14(31)32/h1-4,9,12-13H,5-8H2,(H,22,33)(H,31,32)(H,35,36)(H3,21,23,24,34)/t12?,13-/m0/s1. The Morgan fingerprint density at radius 1 is 1.26 bits per heavy atom. The van der Waals surface area contributed by atoms with Crippen LogP contribution in [-0.4, -0.2) is 69.6 Å². The molecule has 6 N–H and O–H groups in total. The molecular weight excluding hydrogens is 510 g/mol. The van der Waals surface area contributed by atoms with Crippen LogP contribution in [0.4, 0.5) is 23.1 Å². The topological polar surface area (TPSA) is 261 Å². The molecule has 0 saturated heterocycles. The molecule has 38 heavy (non-hydrogen) atoms. The molecule has 1 unspecified atom stereocenters. The number of aromatic nitrogens is 2. The summed E-state index contributed by atoms with van der Waals surface area (Å²) >= 11 is 0. The largest absolute Gasteiger partial charge is 0.481 e. The van der Waals surface area contributed by atoms with Gasteiger partial charge >= 0.3 is 11.9 Å². The Labute approximate surface area is 211 Å². The van der Waals surface area contributed by atoms with Crippen LogP contribution in [0.2, 0.25) is 0 Å². The summed E-state index contributed by atoms with van der Waals surface area (Å²) in [5.74, 6) is -3.97. The molecule has 2 heterocycles. The number of aliphatic carboxylic acids is 2. The van der Waals surface area contributed by atoms with E-state index in [9.17, 15) is 38.9 Å². The Morgan fingerprint density at radius 2 is 1.95 bits per heavy atom. The van der Waals surface area contributed by atoms with Crippen molar-refractivity contribution in [3.63, 3.8) is 0 Å². The van der Waals surface area contributed by atoms with E-state index in [1.807, 2.05) is 0 Å². The first-order chi connectivity index (χ1) is 18.1. The summed E-state index contributed by atoms with van der Waals surface area (Å²) in [6, 6.07) is 2.76. The van der Waals surface area contributed by atoms with Crippen molar-refractivity contribution in [2.24, 2.45) is 10.6 Å². The van der Waals surface area contributed by atoms with Crippen molar-refractivity contribution in [2.75, 3.05) is 33.7 Å². The first-order valence-corrected chi connectivity index (χ1v) is 10.8. The zero-order chi connectivity index (χ0) is 28.0. The highest BCUT2D eigenvalue weighted by atomic mass is 16.4. The van der Waals surface area contributed by atoms with Gasteiger partial charge in [-0.05, 0) is 30.7 Å². The van der Waals surface area contributed by atoms with E-state index in [-0.39, 0.29) is 48.2 Å². The van der Waals surface area contributed by atoms with E-state index in [0.29, 0.717) is 6.41 Å². The van der Waals surface area contributed by atoms with Crippen LogP contribution in [0.5, 0.6) is 0 Å². The predicted molar refractivity (Wildman–Crippen MR) is 130 cm³/mol. The van der Waals surface area contributed by atoms with Crippen LogP contribution in [0, 0.1) is 9.81 Å². The van der Waals surface area contributed by atoms with Crippen molar-refractivity contribution < 1.29 is 29.4 Å². The highest BCUT2D eigenvalue weighted by Gasteiger charge is 2.37. The fourth-order valence-corrected chi connectivity index (χ4v) is 3.74. The number of anilines is 4. The molecular formula is C20H21N9O9. The number of hydrogen-bond donors (Lipinski definition) is 5. The molecule has 1 aliphatic rings. The fraction of sp³-hybridized carbons (Fsp3) is 0.300. The highest BCUT2D eigenvalue weighted by molar-refractivity contribution is 5.97. The van der Waals surface area contributed by atoms with Crippen molar-refractivity contribution in [1.82, 2.24) is 15.3 Å². The maximum atomic E-state index is 12.4. The third kappa shape index (κ3) is 5.86. The smallest absolute Gasteiger partial charge is 0.326 e. The lowest BCUT2D eigenvalue weighted by molar-refractivity contribution is -0.140. The SMILES string of the molecule is Nc1nc2c(c(=O)[nH]1)N(C=O)C(CN(N=O)c1ccc(C(=O)N[C@@H](CCC(=O)O)C(=O)O)cc1)CN2N=O. The van der Waals surface area contributed by atoms with Gasteiger partial charge in [0.05, 0.1) is 35.4 Å². The number of hydrogen-bond acceptors (Lipinski definition) is 11. The number of nitrogens with two attached hydrogens (primary N) is 1. The van der Waals surface area contributed by atoms with Crippen molar-refractivity contribution >= 4 is 47.4 Å². The second kappa shape index (κ2) is 11.5.